The van der Waals surface area contributed by atoms with Crippen LogP contribution in [0, 0.1) is 11.3 Å². The van der Waals surface area contributed by atoms with E-state index in [0.717, 1.165) is 5.56 Å². The molecular formula is C11H13N3O2S. The number of likely N-dealkylation sites (N-methyl/N-ethyl adjacent to an activating group) is 1. The van der Waals surface area contributed by atoms with Crippen LogP contribution in [0.4, 0.5) is 0 Å². The van der Waals surface area contributed by atoms with Gasteiger partial charge in [0.15, 0.2) is 0 Å². The number of nitriles is 1. The van der Waals surface area contributed by atoms with Crippen molar-refractivity contribution in [2.45, 2.75) is 6.54 Å². The van der Waals surface area contributed by atoms with Crippen molar-refractivity contribution in [3.8, 4) is 6.07 Å². The lowest BCUT2D eigenvalue weighted by Crippen LogP contribution is -2.30. The largest absolute Gasteiger partial charge is 0.282 e. The first-order valence-electron chi connectivity index (χ1n) is 5.24. The van der Waals surface area contributed by atoms with Gasteiger partial charge in [-0.1, -0.05) is 12.1 Å². The number of hydrogen-bond acceptors (Lipinski definition) is 3. The minimum Gasteiger partial charge on any atom is -0.195 e. The molecule has 1 aliphatic heterocycles. The van der Waals surface area contributed by atoms with Gasteiger partial charge in [-0.2, -0.15) is 22.3 Å². The van der Waals surface area contributed by atoms with E-state index in [1.54, 1.807) is 31.3 Å². The highest BCUT2D eigenvalue weighted by Gasteiger charge is 2.33. The van der Waals surface area contributed by atoms with Crippen LogP contribution in [0.5, 0.6) is 0 Å². The minimum absolute atomic E-state index is 0.360. The van der Waals surface area contributed by atoms with Crippen molar-refractivity contribution in [1.29, 1.82) is 5.26 Å². The van der Waals surface area contributed by atoms with Crippen molar-refractivity contribution in [3.05, 3.63) is 35.4 Å². The molecule has 0 atom stereocenters. The van der Waals surface area contributed by atoms with Crippen LogP contribution in [0.15, 0.2) is 24.3 Å². The Morgan fingerprint density at radius 1 is 1.29 bits per heavy atom. The summed E-state index contributed by atoms with van der Waals surface area (Å²) >= 11 is 0. The van der Waals surface area contributed by atoms with E-state index in [0.29, 0.717) is 25.2 Å². The summed E-state index contributed by atoms with van der Waals surface area (Å²) in [5, 5.41) is 8.67. The summed E-state index contributed by atoms with van der Waals surface area (Å²) in [6.45, 7) is 1.40. The Morgan fingerprint density at radius 2 is 1.94 bits per heavy atom. The summed E-state index contributed by atoms with van der Waals surface area (Å²) in [5.74, 6) is 0. The van der Waals surface area contributed by atoms with E-state index < -0.39 is 10.2 Å². The maximum Gasteiger partial charge on any atom is 0.282 e. The van der Waals surface area contributed by atoms with Crippen molar-refractivity contribution < 1.29 is 8.42 Å². The Bertz CT molecular complexity index is 545. The molecule has 1 heterocycles. The van der Waals surface area contributed by atoms with Crippen LogP contribution in [0.3, 0.4) is 0 Å². The fourth-order valence-corrected chi connectivity index (χ4v) is 3.06. The van der Waals surface area contributed by atoms with Gasteiger partial charge in [-0.3, -0.25) is 0 Å². The molecule has 0 spiro atoms. The van der Waals surface area contributed by atoms with Gasteiger partial charge in [0.25, 0.3) is 10.2 Å². The Hall–Kier alpha value is -1.42. The van der Waals surface area contributed by atoms with Crippen molar-refractivity contribution in [3.63, 3.8) is 0 Å². The van der Waals surface area contributed by atoms with Crippen LogP contribution < -0.4 is 0 Å². The van der Waals surface area contributed by atoms with E-state index >= 15 is 0 Å². The Morgan fingerprint density at radius 3 is 2.41 bits per heavy atom. The third kappa shape index (κ3) is 2.31. The second-order valence-electron chi connectivity index (χ2n) is 3.97. The molecule has 0 amide bonds. The molecule has 0 aliphatic carbocycles. The number of rotatable bonds is 2. The van der Waals surface area contributed by atoms with Gasteiger partial charge in [-0.15, -0.1) is 0 Å². The molecule has 1 fully saturated rings. The Kier molecular flexibility index (Phi) is 3.15. The number of benzene rings is 1. The number of nitrogens with zero attached hydrogens (tertiary/aromatic N) is 3. The number of hydrogen-bond donors (Lipinski definition) is 0. The lowest BCUT2D eigenvalue weighted by Gasteiger charge is -2.15. The molecule has 0 bridgehead atoms. The molecule has 1 saturated heterocycles. The van der Waals surface area contributed by atoms with Crippen molar-refractivity contribution in [1.82, 2.24) is 8.61 Å². The average molecular weight is 251 g/mol. The molecule has 1 aromatic carbocycles. The molecule has 90 valence electrons. The van der Waals surface area contributed by atoms with Crippen LogP contribution >= 0.6 is 0 Å². The van der Waals surface area contributed by atoms with Crippen LogP contribution in [-0.4, -0.2) is 37.2 Å². The van der Waals surface area contributed by atoms with Crippen LogP contribution in [-0.2, 0) is 16.8 Å². The lowest BCUT2D eigenvalue weighted by molar-refractivity contribution is 0.445. The van der Waals surface area contributed by atoms with Gasteiger partial charge < -0.3 is 0 Å². The van der Waals surface area contributed by atoms with Crippen LogP contribution in [0.1, 0.15) is 11.1 Å². The highest BCUT2D eigenvalue weighted by molar-refractivity contribution is 7.86. The summed E-state index contributed by atoms with van der Waals surface area (Å²) in [6.07, 6.45) is 0. The second kappa shape index (κ2) is 4.45. The fourth-order valence-electron chi connectivity index (χ4n) is 1.73. The molecular weight excluding hydrogens is 238 g/mol. The molecule has 1 aromatic rings. The van der Waals surface area contributed by atoms with E-state index in [1.165, 1.54) is 8.61 Å². The third-order valence-corrected chi connectivity index (χ3v) is 4.76. The van der Waals surface area contributed by atoms with Gasteiger partial charge in [0, 0.05) is 26.7 Å². The molecule has 1 aliphatic rings. The lowest BCUT2D eigenvalue weighted by atomic mass is 10.1. The van der Waals surface area contributed by atoms with E-state index in [4.69, 9.17) is 5.26 Å². The first-order chi connectivity index (χ1) is 8.04. The van der Waals surface area contributed by atoms with Crippen LogP contribution in [0.25, 0.3) is 0 Å². The molecule has 5 nitrogen and oxygen atoms in total. The first-order valence-corrected chi connectivity index (χ1v) is 6.64. The maximum absolute atomic E-state index is 11.8. The Labute approximate surface area is 101 Å². The van der Waals surface area contributed by atoms with Gasteiger partial charge in [-0.25, -0.2) is 0 Å². The third-order valence-electron chi connectivity index (χ3n) is 2.83. The summed E-state index contributed by atoms with van der Waals surface area (Å²) in [4.78, 5) is 0. The van der Waals surface area contributed by atoms with Gasteiger partial charge in [0.05, 0.1) is 11.6 Å². The predicted octanol–water partition coefficient (Wildman–Crippen LogP) is 0.550. The summed E-state index contributed by atoms with van der Waals surface area (Å²) in [7, 11) is -1.70. The normalized spacial score (nSPS) is 20.2. The van der Waals surface area contributed by atoms with Crippen LogP contribution in [0.2, 0.25) is 0 Å². The summed E-state index contributed by atoms with van der Waals surface area (Å²) in [6, 6.07) is 8.99. The van der Waals surface area contributed by atoms with Crippen molar-refractivity contribution >= 4 is 10.2 Å². The maximum atomic E-state index is 11.8. The highest BCUT2D eigenvalue weighted by Crippen LogP contribution is 2.17. The fraction of sp³-hybridized carbons (Fsp3) is 0.364. The molecule has 0 saturated carbocycles. The zero-order valence-corrected chi connectivity index (χ0v) is 10.3. The zero-order chi connectivity index (χ0) is 12.5. The first kappa shape index (κ1) is 12.0. The molecule has 6 heteroatoms. The minimum atomic E-state index is -3.28. The van der Waals surface area contributed by atoms with Crippen molar-refractivity contribution in [2.24, 2.45) is 0 Å². The van der Waals surface area contributed by atoms with Gasteiger partial charge >= 0.3 is 0 Å². The highest BCUT2D eigenvalue weighted by atomic mass is 32.2. The second-order valence-corrected chi connectivity index (χ2v) is 6.01. The molecule has 2 rings (SSSR count). The Balaban J connectivity index is 2.14. The van der Waals surface area contributed by atoms with Crippen molar-refractivity contribution in [2.75, 3.05) is 20.1 Å². The smallest absolute Gasteiger partial charge is 0.195 e. The average Bonchev–Trinajstić information content (AvgIpc) is 2.57. The van der Waals surface area contributed by atoms with E-state index in [2.05, 4.69) is 0 Å². The topological polar surface area (TPSA) is 64.4 Å². The summed E-state index contributed by atoms with van der Waals surface area (Å²) in [5.41, 5.74) is 1.47. The van der Waals surface area contributed by atoms with Gasteiger partial charge in [0.2, 0.25) is 0 Å². The summed E-state index contributed by atoms with van der Waals surface area (Å²) < 4.78 is 26.4. The standard InChI is InChI=1S/C11H13N3O2S/c1-13-6-7-14(17(13,15)16)9-11-4-2-10(8-12)3-5-11/h2-5H,6-7,9H2,1H3. The molecule has 0 N–H and O–H groups in total. The monoisotopic (exact) mass is 251 g/mol. The van der Waals surface area contributed by atoms with Gasteiger partial charge in [0.1, 0.15) is 0 Å². The van der Waals surface area contributed by atoms with E-state index in [1.807, 2.05) is 6.07 Å². The van der Waals surface area contributed by atoms with E-state index in [-0.39, 0.29) is 0 Å². The molecule has 0 aromatic heterocycles. The molecule has 0 unspecified atom stereocenters. The predicted molar refractivity (Wildman–Crippen MR) is 63.1 cm³/mol. The SMILES string of the molecule is CN1CCN(Cc2ccc(C#N)cc2)S1(=O)=O. The molecule has 17 heavy (non-hydrogen) atoms. The van der Waals surface area contributed by atoms with E-state index in [9.17, 15) is 8.42 Å². The quantitative estimate of drug-likeness (QED) is 0.771. The van der Waals surface area contributed by atoms with Gasteiger partial charge in [-0.05, 0) is 17.7 Å². The molecule has 0 radical (unpaired) electrons. The zero-order valence-electron chi connectivity index (χ0n) is 9.50.